The van der Waals surface area contributed by atoms with Gasteiger partial charge in [-0.15, -0.1) is 0 Å². The smallest absolute Gasteiger partial charge is 0.320 e. The monoisotopic (exact) mass is 286 g/mol. The standard InChI is InChI=1S/C13H22N2O3S/c1-10-9-19-7-6-14(10)13(18)15-5-3-2-4-11(15)8-12(16)17/h10-11H,2-9H2,1H3,(H,16,17). The number of amides is 2. The molecule has 2 aliphatic rings. The Hall–Kier alpha value is -0.910. The molecule has 0 spiro atoms. The minimum atomic E-state index is -0.813. The van der Waals surface area contributed by atoms with Crippen LogP contribution in [0.1, 0.15) is 32.6 Å². The Morgan fingerprint density at radius 1 is 1.26 bits per heavy atom. The summed E-state index contributed by atoms with van der Waals surface area (Å²) >= 11 is 1.88. The van der Waals surface area contributed by atoms with Crippen LogP contribution in [0.5, 0.6) is 0 Å². The molecule has 2 fully saturated rings. The van der Waals surface area contributed by atoms with Gasteiger partial charge in [-0.25, -0.2) is 4.79 Å². The lowest BCUT2D eigenvalue weighted by Crippen LogP contribution is -2.55. The van der Waals surface area contributed by atoms with Crippen LogP contribution >= 0.6 is 11.8 Å². The third kappa shape index (κ3) is 3.55. The Bertz CT molecular complexity index is 351. The zero-order valence-corrected chi connectivity index (χ0v) is 12.2. The van der Waals surface area contributed by atoms with Gasteiger partial charge in [0.2, 0.25) is 0 Å². The van der Waals surface area contributed by atoms with Crippen LogP contribution in [-0.2, 0) is 4.79 Å². The van der Waals surface area contributed by atoms with E-state index in [0.29, 0.717) is 6.54 Å². The highest BCUT2D eigenvalue weighted by atomic mass is 32.2. The van der Waals surface area contributed by atoms with Gasteiger partial charge in [-0.1, -0.05) is 0 Å². The fourth-order valence-electron chi connectivity index (χ4n) is 2.84. The summed E-state index contributed by atoms with van der Waals surface area (Å²) < 4.78 is 0. The Morgan fingerprint density at radius 3 is 2.74 bits per heavy atom. The lowest BCUT2D eigenvalue weighted by Gasteiger charge is -2.42. The van der Waals surface area contributed by atoms with Gasteiger partial charge in [0, 0.05) is 36.7 Å². The van der Waals surface area contributed by atoms with Gasteiger partial charge in [-0.2, -0.15) is 11.8 Å². The molecule has 0 aromatic heterocycles. The lowest BCUT2D eigenvalue weighted by molar-refractivity contribution is -0.138. The quantitative estimate of drug-likeness (QED) is 0.842. The van der Waals surface area contributed by atoms with Gasteiger partial charge in [0.05, 0.1) is 6.42 Å². The molecule has 0 aromatic rings. The number of likely N-dealkylation sites (tertiary alicyclic amines) is 1. The molecule has 2 rings (SSSR count). The van der Waals surface area contributed by atoms with Crippen molar-refractivity contribution in [2.75, 3.05) is 24.6 Å². The highest BCUT2D eigenvalue weighted by Gasteiger charge is 2.33. The molecule has 0 saturated carbocycles. The number of hydrogen-bond donors (Lipinski definition) is 1. The first kappa shape index (κ1) is 14.5. The molecule has 1 N–H and O–H groups in total. The topological polar surface area (TPSA) is 60.9 Å². The van der Waals surface area contributed by atoms with Crippen molar-refractivity contribution in [1.29, 1.82) is 0 Å². The van der Waals surface area contributed by atoms with Gasteiger partial charge >= 0.3 is 12.0 Å². The molecule has 5 nitrogen and oxygen atoms in total. The molecular weight excluding hydrogens is 264 g/mol. The fourth-order valence-corrected chi connectivity index (χ4v) is 3.86. The van der Waals surface area contributed by atoms with Gasteiger partial charge < -0.3 is 14.9 Å². The highest BCUT2D eigenvalue weighted by molar-refractivity contribution is 7.99. The molecule has 2 saturated heterocycles. The second-order valence-corrected chi connectivity index (χ2v) is 6.49. The van der Waals surface area contributed by atoms with Crippen molar-refractivity contribution < 1.29 is 14.7 Å². The van der Waals surface area contributed by atoms with Crippen LogP contribution in [0.25, 0.3) is 0 Å². The zero-order chi connectivity index (χ0) is 13.8. The first-order valence-corrected chi connectivity index (χ1v) is 8.12. The van der Waals surface area contributed by atoms with Crippen LogP contribution in [0.4, 0.5) is 4.79 Å². The van der Waals surface area contributed by atoms with Gasteiger partial charge in [0.25, 0.3) is 0 Å². The van der Waals surface area contributed by atoms with E-state index < -0.39 is 5.97 Å². The number of rotatable bonds is 2. The summed E-state index contributed by atoms with van der Waals surface area (Å²) in [7, 11) is 0. The molecule has 2 amide bonds. The molecule has 2 unspecified atom stereocenters. The van der Waals surface area contributed by atoms with E-state index in [1.54, 1.807) is 4.90 Å². The van der Waals surface area contributed by atoms with Crippen LogP contribution in [0, 0.1) is 0 Å². The van der Waals surface area contributed by atoms with Crippen LogP contribution < -0.4 is 0 Å². The van der Waals surface area contributed by atoms with E-state index in [1.165, 1.54) is 0 Å². The van der Waals surface area contributed by atoms with Crippen LogP contribution in [0.2, 0.25) is 0 Å². The normalized spacial score (nSPS) is 28.3. The zero-order valence-electron chi connectivity index (χ0n) is 11.4. The Kier molecular flexibility index (Phi) is 4.96. The van der Waals surface area contributed by atoms with Crippen LogP contribution in [0.3, 0.4) is 0 Å². The van der Waals surface area contributed by atoms with Crippen molar-refractivity contribution in [2.45, 2.75) is 44.7 Å². The second kappa shape index (κ2) is 6.50. The number of carbonyl (C=O) groups is 2. The summed E-state index contributed by atoms with van der Waals surface area (Å²) in [5, 5.41) is 8.97. The Labute approximate surface area is 118 Å². The number of carboxylic acids is 1. The summed E-state index contributed by atoms with van der Waals surface area (Å²) in [5.74, 6) is 1.14. The molecule has 2 atom stereocenters. The van der Waals surface area contributed by atoms with E-state index in [4.69, 9.17) is 5.11 Å². The molecule has 2 aliphatic heterocycles. The number of carboxylic acid groups (broad SMARTS) is 1. The van der Waals surface area contributed by atoms with Gasteiger partial charge in [0.1, 0.15) is 0 Å². The summed E-state index contributed by atoms with van der Waals surface area (Å²) in [6.07, 6.45) is 2.89. The van der Waals surface area contributed by atoms with Crippen molar-refractivity contribution in [3.63, 3.8) is 0 Å². The van der Waals surface area contributed by atoms with Crippen molar-refractivity contribution in [1.82, 2.24) is 9.80 Å². The van der Waals surface area contributed by atoms with E-state index in [2.05, 4.69) is 6.92 Å². The van der Waals surface area contributed by atoms with Gasteiger partial charge in [-0.05, 0) is 26.2 Å². The molecule has 0 bridgehead atoms. The molecule has 0 aliphatic carbocycles. The molecule has 108 valence electrons. The van der Waals surface area contributed by atoms with E-state index >= 15 is 0 Å². The number of hydrogen-bond acceptors (Lipinski definition) is 3. The van der Waals surface area contributed by atoms with E-state index in [-0.39, 0.29) is 24.5 Å². The van der Waals surface area contributed by atoms with Crippen LogP contribution in [0.15, 0.2) is 0 Å². The molecular formula is C13H22N2O3S. The summed E-state index contributed by atoms with van der Waals surface area (Å²) in [5.41, 5.74) is 0. The van der Waals surface area contributed by atoms with E-state index in [1.807, 2.05) is 16.7 Å². The molecule has 19 heavy (non-hydrogen) atoms. The maximum Gasteiger partial charge on any atom is 0.320 e. The third-order valence-corrected chi connectivity index (χ3v) is 5.09. The van der Waals surface area contributed by atoms with Gasteiger partial charge in [0.15, 0.2) is 0 Å². The average molecular weight is 286 g/mol. The molecule has 2 heterocycles. The summed E-state index contributed by atoms with van der Waals surface area (Å²) in [6, 6.07) is 0.165. The first-order valence-electron chi connectivity index (χ1n) is 6.96. The number of aliphatic carboxylic acids is 1. The predicted octanol–water partition coefficient (Wildman–Crippen LogP) is 1.87. The maximum absolute atomic E-state index is 12.6. The molecule has 6 heteroatoms. The largest absolute Gasteiger partial charge is 0.481 e. The number of urea groups is 1. The van der Waals surface area contributed by atoms with E-state index in [0.717, 1.165) is 37.3 Å². The van der Waals surface area contributed by atoms with Crippen LogP contribution in [-0.4, -0.2) is 63.6 Å². The second-order valence-electron chi connectivity index (χ2n) is 5.34. The minimum absolute atomic E-state index is 0.0405. The van der Waals surface area contributed by atoms with Crippen molar-refractivity contribution in [3.8, 4) is 0 Å². The van der Waals surface area contributed by atoms with E-state index in [9.17, 15) is 9.59 Å². The SMILES string of the molecule is CC1CSCCN1C(=O)N1CCCCC1CC(=O)O. The molecule has 0 aromatic carbocycles. The first-order chi connectivity index (χ1) is 9.09. The Morgan fingerprint density at radius 2 is 2.05 bits per heavy atom. The fraction of sp³-hybridized carbons (Fsp3) is 0.846. The number of piperidine rings is 1. The average Bonchev–Trinajstić information content (AvgIpc) is 2.38. The van der Waals surface area contributed by atoms with Gasteiger partial charge in [-0.3, -0.25) is 4.79 Å². The summed E-state index contributed by atoms with van der Waals surface area (Å²) in [6.45, 7) is 3.55. The lowest BCUT2D eigenvalue weighted by atomic mass is 9.99. The van der Waals surface area contributed by atoms with Crippen molar-refractivity contribution in [3.05, 3.63) is 0 Å². The van der Waals surface area contributed by atoms with Crippen molar-refractivity contribution in [2.24, 2.45) is 0 Å². The van der Waals surface area contributed by atoms with Crippen molar-refractivity contribution >= 4 is 23.8 Å². The number of thioether (sulfide) groups is 1. The molecule has 0 radical (unpaired) electrons. The minimum Gasteiger partial charge on any atom is -0.481 e. The third-order valence-electron chi connectivity index (χ3n) is 3.90. The summed E-state index contributed by atoms with van der Waals surface area (Å²) in [4.78, 5) is 27.2. The predicted molar refractivity (Wildman–Crippen MR) is 75.5 cm³/mol. The Balaban J connectivity index is 2.03. The maximum atomic E-state index is 12.6. The highest BCUT2D eigenvalue weighted by Crippen LogP contribution is 2.24. The number of nitrogens with zero attached hydrogens (tertiary/aromatic N) is 2. The number of carbonyl (C=O) groups excluding carboxylic acids is 1.